The Hall–Kier alpha value is -1.20. The molecule has 20 heavy (non-hydrogen) atoms. The van der Waals surface area contributed by atoms with Gasteiger partial charge >= 0.3 is 0 Å². The summed E-state index contributed by atoms with van der Waals surface area (Å²) in [5.41, 5.74) is 0.993. The first-order valence-electron chi connectivity index (χ1n) is 7.64. The van der Waals surface area contributed by atoms with E-state index in [1.807, 2.05) is 12.4 Å². The molecular weight excluding hydrogens is 252 g/mol. The van der Waals surface area contributed by atoms with E-state index in [-0.39, 0.29) is 0 Å². The minimum absolute atomic E-state index is 0.331. The molecule has 0 bridgehead atoms. The van der Waals surface area contributed by atoms with Crippen molar-refractivity contribution in [3.05, 3.63) is 18.1 Å². The second kappa shape index (κ2) is 8.17. The Bertz CT molecular complexity index is 393. The fourth-order valence-corrected chi connectivity index (χ4v) is 2.41. The van der Waals surface area contributed by atoms with Gasteiger partial charge in [0.2, 0.25) is 0 Å². The standard InChI is InChI=1S/C15H26N4O/c1-3-7-16-9-13-10-17-11-15(18-13)19(2)12-14-6-4-5-8-20-14/h10-11,14,16H,3-9,12H2,1-2H3. The molecule has 1 aromatic rings. The molecule has 2 heterocycles. The highest BCUT2D eigenvalue weighted by atomic mass is 16.5. The van der Waals surface area contributed by atoms with Gasteiger partial charge in [0.1, 0.15) is 5.82 Å². The first-order chi connectivity index (χ1) is 9.79. The summed E-state index contributed by atoms with van der Waals surface area (Å²) < 4.78 is 5.78. The van der Waals surface area contributed by atoms with Gasteiger partial charge in [-0.05, 0) is 32.2 Å². The molecule has 1 saturated heterocycles. The maximum atomic E-state index is 5.78. The predicted molar refractivity (Wildman–Crippen MR) is 80.9 cm³/mol. The van der Waals surface area contributed by atoms with Gasteiger partial charge in [-0.15, -0.1) is 0 Å². The van der Waals surface area contributed by atoms with Gasteiger partial charge in [-0.3, -0.25) is 4.98 Å². The second-order valence-corrected chi connectivity index (χ2v) is 5.41. The Morgan fingerprint density at radius 3 is 3.05 bits per heavy atom. The van der Waals surface area contributed by atoms with Crippen LogP contribution in [-0.4, -0.2) is 42.8 Å². The molecule has 5 nitrogen and oxygen atoms in total. The van der Waals surface area contributed by atoms with Crippen molar-refractivity contribution in [2.75, 3.05) is 31.6 Å². The lowest BCUT2D eigenvalue weighted by atomic mass is 10.1. The molecule has 0 amide bonds. The lowest BCUT2D eigenvalue weighted by Crippen LogP contribution is -2.34. The molecule has 1 N–H and O–H groups in total. The molecule has 1 aliphatic rings. The Morgan fingerprint density at radius 2 is 2.30 bits per heavy atom. The maximum absolute atomic E-state index is 5.78. The number of hydrogen-bond acceptors (Lipinski definition) is 5. The summed E-state index contributed by atoms with van der Waals surface area (Å²) in [6, 6.07) is 0. The molecule has 1 aromatic heterocycles. The van der Waals surface area contributed by atoms with Crippen LogP contribution in [0.2, 0.25) is 0 Å². The summed E-state index contributed by atoms with van der Waals surface area (Å²) in [6.07, 6.45) is 8.73. The topological polar surface area (TPSA) is 50.3 Å². The van der Waals surface area contributed by atoms with Gasteiger partial charge in [-0.1, -0.05) is 6.92 Å². The number of hydrogen-bond donors (Lipinski definition) is 1. The number of ether oxygens (including phenoxy) is 1. The van der Waals surface area contributed by atoms with Gasteiger partial charge in [-0.2, -0.15) is 0 Å². The number of anilines is 1. The summed E-state index contributed by atoms with van der Waals surface area (Å²) >= 11 is 0. The summed E-state index contributed by atoms with van der Waals surface area (Å²) in [4.78, 5) is 11.1. The van der Waals surface area contributed by atoms with E-state index in [4.69, 9.17) is 4.74 Å². The van der Waals surface area contributed by atoms with Crippen LogP contribution in [0, 0.1) is 0 Å². The van der Waals surface area contributed by atoms with Crippen LogP contribution in [0.5, 0.6) is 0 Å². The lowest BCUT2D eigenvalue weighted by molar-refractivity contribution is 0.0215. The van der Waals surface area contributed by atoms with Crippen LogP contribution < -0.4 is 10.2 Å². The number of rotatable bonds is 7. The van der Waals surface area contributed by atoms with Gasteiger partial charge in [0, 0.05) is 32.9 Å². The van der Waals surface area contributed by atoms with E-state index in [0.29, 0.717) is 6.10 Å². The van der Waals surface area contributed by atoms with E-state index >= 15 is 0 Å². The van der Waals surface area contributed by atoms with Crippen molar-refractivity contribution in [2.45, 2.75) is 45.3 Å². The quantitative estimate of drug-likeness (QED) is 0.773. The van der Waals surface area contributed by atoms with Gasteiger partial charge in [0.15, 0.2) is 0 Å². The van der Waals surface area contributed by atoms with Crippen molar-refractivity contribution in [1.82, 2.24) is 15.3 Å². The van der Waals surface area contributed by atoms with E-state index in [9.17, 15) is 0 Å². The predicted octanol–water partition coefficient (Wildman–Crippen LogP) is 1.98. The van der Waals surface area contributed by atoms with Crippen LogP contribution in [-0.2, 0) is 11.3 Å². The average Bonchev–Trinajstić information content (AvgIpc) is 2.49. The number of likely N-dealkylation sites (N-methyl/N-ethyl adjacent to an activating group) is 1. The minimum atomic E-state index is 0.331. The first kappa shape index (κ1) is 15.2. The molecule has 0 radical (unpaired) electrons. The van der Waals surface area contributed by atoms with Crippen molar-refractivity contribution in [3.63, 3.8) is 0 Å². The lowest BCUT2D eigenvalue weighted by Gasteiger charge is -2.28. The van der Waals surface area contributed by atoms with Gasteiger partial charge < -0.3 is 15.0 Å². The van der Waals surface area contributed by atoms with Crippen LogP contribution in [0.3, 0.4) is 0 Å². The van der Waals surface area contributed by atoms with Gasteiger partial charge in [-0.25, -0.2) is 4.98 Å². The third-order valence-electron chi connectivity index (χ3n) is 3.55. The molecule has 0 aliphatic carbocycles. The van der Waals surface area contributed by atoms with E-state index in [2.05, 4.69) is 34.2 Å². The van der Waals surface area contributed by atoms with Crippen LogP contribution in [0.25, 0.3) is 0 Å². The molecule has 112 valence electrons. The molecule has 2 rings (SSSR count). The second-order valence-electron chi connectivity index (χ2n) is 5.41. The molecule has 0 saturated carbocycles. The molecule has 1 atom stereocenters. The highest BCUT2D eigenvalue weighted by molar-refractivity contribution is 5.35. The Morgan fingerprint density at radius 1 is 1.40 bits per heavy atom. The average molecular weight is 278 g/mol. The van der Waals surface area contributed by atoms with Crippen molar-refractivity contribution in [3.8, 4) is 0 Å². The van der Waals surface area contributed by atoms with Crippen molar-refractivity contribution in [1.29, 1.82) is 0 Å². The van der Waals surface area contributed by atoms with Crippen LogP contribution >= 0.6 is 0 Å². The Kier molecular flexibility index (Phi) is 6.21. The Balaban J connectivity index is 1.88. The fraction of sp³-hybridized carbons (Fsp3) is 0.733. The van der Waals surface area contributed by atoms with Crippen LogP contribution in [0.4, 0.5) is 5.82 Å². The highest BCUT2D eigenvalue weighted by Gasteiger charge is 2.16. The molecule has 1 fully saturated rings. The SMILES string of the molecule is CCCNCc1cncc(N(C)CC2CCCCO2)n1. The van der Waals surface area contributed by atoms with E-state index in [1.165, 1.54) is 12.8 Å². The molecule has 0 spiro atoms. The van der Waals surface area contributed by atoms with Crippen molar-refractivity contribution >= 4 is 5.82 Å². The molecule has 1 aliphatic heterocycles. The summed E-state index contributed by atoms with van der Waals surface area (Å²) in [5.74, 6) is 0.926. The van der Waals surface area contributed by atoms with Crippen LogP contribution in [0.15, 0.2) is 12.4 Å². The molecule has 5 heteroatoms. The van der Waals surface area contributed by atoms with Gasteiger partial charge in [0.25, 0.3) is 0 Å². The molecule has 0 aromatic carbocycles. The van der Waals surface area contributed by atoms with Gasteiger partial charge in [0.05, 0.1) is 18.0 Å². The number of aromatic nitrogens is 2. The van der Waals surface area contributed by atoms with Crippen molar-refractivity contribution < 1.29 is 4.74 Å². The summed E-state index contributed by atoms with van der Waals surface area (Å²) in [6.45, 7) is 5.73. The zero-order valence-corrected chi connectivity index (χ0v) is 12.6. The van der Waals surface area contributed by atoms with Crippen molar-refractivity contribution in [2.24, 2.45) is 0 Å². The molecular formula is C15H26N4O. The zero-order valence-electron chi connectivity index (χ0n) is 12.6. The summed E-state index contributed by atoms with van der Waals surface area (Å²) in [5, 5.41) is 3.35. The minimum Gasteiger partial charge on any atom is -0.376 e. The van der Waals surface area contributed by atoms with E-state index in [0.717, 1.165) is 50.6 Å². The normalized spacial score (nSPS) is 19.0. The smallest absolute Gasteiger partial charge is 0.147 e. The Labute approximate surface area is 121 Å². The van der Waals surface area contributed by atoms with E-state index < -0.39 is 0 Å². The molecule has 1 unspecified atom stereocenters. The third kappa shape index (κ3) is 4.72. The van der Waals surface area contributed by atoms with Crippen LogP contribution in [0.1, 0.15) is 38.3 Å². The van der Waals surface area contributed by atoms with E-state index in [1.54, 1.807) is 0 Å². The largest absolute Gasteiger partial charge is 0.376 e. The first-order valence-corrected chi connectivity index (χ1v) is 7.64. The zero-order chi connectivity index (χ0) is 14.2. The summed E-state index contributed by atoms with van der Waals surface area (Å²) in [7, 11) is 2.06. The maximum Gasteiger partial charge on any atom is 0.147 e. The monoisotopic (exact) mass is 278 g/mol. The fourth-order valence-electron chi connectivity index (χ4n) is 2.41. The number of nitrogens with zero attached hydrogens (tertiary/aromatic N) is 3. The third-order valence-corrected chi connectivity index (χ3v) is 3.55. The number of nitrogens with one attached hydrogen (secondary N) is 1. The highest BCUT2D eigenvalue weighted by Crippen LogP contribution is 2.16.